The van der Waals surface area contributed by atoms with E-state index in [0.717, 1.165) is 31.7 Å². The fraction of sp³-hybridized carbons (Fsp3) is 0.700. The first kappa shape index (κ1) is 9.68. The Bertz CT molecular complexity index is 302. The molecule has 0 aromatic carbocycles. The maximum atomic E-state index is 5.59. The zero-order valence-corrected chi connectivity index (χ0v) is 8.57. The topological polar surface area (TPSA) is 53.1 Å². The van der Waals surface area contributed by atoms with Crippen LogP contribution >= 0.6 is 0 Å². The molecule has 1 aromatic heterocycles. The molecular weight excluding hydrogens is 178 g/mol. The van der Waals surface area contributed by atoms with Gasteiger partial charge in [0.25, 0.3) is 0 Å². The van der Waals surface area contributed by atoms with Crippen LogP contribution in [-0.4, -0.2) is 23.0 Å². The third-order valence-electron chi connectivity index (χ3n) is 2.88. The molecule has 0 radical (unpaired) electrons. The second kappa shape index (κ2) is 4.11. The van der Waals surface area contributed by atoms with Gasteiger partial charge in [-0.25, -0.2) is 0 Å². The summed E-state index contributed by atoms with van der Waals surface area (Å²) in [4.78, 5) is 0. The molecule has 1 aromatic rings. The SMILES string of the molecule is Cc1c(CN)cnn1CC1CCOC1. The minimum atomic E-state index is 0.576. The fourth-order valence-corrected chi connectivity index (χ4v) is 1.84. The Labute approximate surface area is 84.0 Å². The largest absolute Gasteiger partial charge is 0.381 e. The molecule has 0 bridgehead atoms. The van der Waals surface area contributed by atoms with Gasteiger partial charge in [-0.05, 0) is 13.3 Å². The van der Waals surface area contributed by atoms with Crippen molar-refractivity contribution in [2.45, 2.75) is 26.4 Å². The van der Waals surface area contributed by atoms with Gasteiger partial charge in [-0.15, -0.1) is 0 Å². The lowest BCUT2D eigenvalue weighted by Gasteiger charge is -2.09. The molecule has 0 saturated carbocycles. The van der Waals surface area contributed by atoms with Crippen molar-refractivity contribution in [3.8, 4) is 0 Å². The first-order valence-corrected chi connectivity index (χ1v) is 5.10. The third-order valence-corrected chi connectivity index (χ3v) is 2.88. The van der Waals surface area contributed by atoms with Crippen molar-refractivity contribution in [3.63, 3.8) is 0 Å². The number of nitrogens with two attached hydrogens (primary N) is 1. The zero-order valence-electron chi connectivity index (χ0n) is 8.57. The Hall–Kier alpha value is -0.870. The van der Waals surface area contributed by atoms with Gasteiger partial charge in [0.15, 0.2) is 0 Å². The first-order chi connectivity index (χ1) is 6.81. The maximum Gasteiger partial charge on any atom is 0.0537 e. The van der Waals surface area contributed by atoms with Crippen LogP contribution in [0.15, 0.2) is 6.20 Å². The van der Waals surface area contributed by atoms with Crippen LogP contribution < -0.4 is 5.73 Å². The van der Waals surface area contributed by atoms with Crippen LogP contribution in [-0.2, 0) is 17.8 Å². The Morgan fingerprint density at radius 1 is 1.71 bits per heavy atom. The molecule has 14 heavy (non-hydrogen) atoms. The molecule has 4 heteroatoms. The van der Waals surface area contributed by atoms with Gasteiger partial charge in [0.2, 0.25) is 0 Å². The van der Waals surface area contributed by atoms with Gasteiger partial charge in [0.05, 0.1) is 12.8 Å². The zero-order chi connectivity index (χ0) is 9.97. The normalized spacial score (nSPS) is 21.7. The Morgan fingerprint density at radius 2 is 2.57 bits per heavy atom. The van der Waals surface area contributed by atoms with Crippen LogP contribution in [0.3, 0.4) is 0 Å². The molecule has 2 N–H and O–H groups in total. The summed E-state index contributed by atoms with van der Waals surface area (Å²) in [5.41, 5.74) is 7.93. The van der Waals surface area contributed by atoms with E-state index in [4.69, 9.17) is 10.5 Å². The van der Waals surface area contributed by atoms with Gasteiger partial charge >= 0.3 is 0 Å². The van der Waals surface area contributed by atoms with Crippen LogP contribution in [0.4, 0.5) is 0 Å². The highest BCUT2D eigenvalue weighted by atomic mass is 16.5. The number of hydrogen-bond acceptors (Lipinski definition) is 3. The molecule has 1 atom stereocenters. The van der Waals surface area contributed by atoms with E-state index in [1.807, 2.05) is 10.9 Å². The summed E-state index contributed by atoms with van der Waals surface area (Å²) in [6.45, 7) is 5.38. The average Bonchev–Trinajstić information content (AvgIpc) is 2.79. The van der Waals surface area contributed by atoms with E-state index in [1.54, 1.807) is 0 Å². The predicted octanol–water partition coefficient (Wildman–Crippen LogP) is 0.687. The van der Waals surface area contributed by atoms with Crippen LogP contribution in [0, 0.1) is 12.8 Å². The number of ether oxygens (including phenoxy) is 1. The summed E-state index contributed by atoms with van der Waals surface area (Å²) in [7, 11) is 0. The van der Waals surface area contributed by atoms with E-state index in [1.165, 1.54) is 5.69 Å². The fourth-order valence-electron chi connectivity index (χ4n) is 1.84. The van der Waals surface area contributed by atoms with Crippen molar-refractivity contribution in [2.75, 3.05) is 13.2 Å². The second-order valence-electron chi connectivity index (χ2n) is 3.87. The highest BCUT2D eigenvalue weighted by Crippen LogP contribution is 2.16. The van der Waals surface area contributed by atoms with Gasteiger partial charge in [0.1, 0.15) is 0 Å². The molecule has 2 heterocycles. The van der Waals surface area contributed by atoms with Crippen molar-refractivity contribution in [2.24, 2.45) is 11.7 Å². The standard InChI is InChI=1S/C10H17N3O/c1-8-10(4-11)5-12-13(8)6-9-2-3-14-7-9/h5,9H,2-4,6-7,11H2,1H3. The molecule has 1 aliphatic rings. The molecule has 0 amide bonds. The van der Waals surface area contributed by atoms with Gasteiger partial charge < -0.3 is 10.5 Å². The van der Waals surface area contributed by atoms with Gasteiger partial charge in [-0.1, -0.05) is 0 Å². The van der Waals surface area contributed by atoms with Crippen LogP contribution in [0.25, 0.3) is 0 Å². The molecule has 78 valence electrons. The molecular formula is C10H17N3O. The molecule has 0 aliphatic carbocycles. The van der Waals surface area contributed by atoms with E-state index in [2.05, 4.69) is 12.0 Å². The predicted molar refractivity (Wildman–Crippen MR) is 53.8 cm³/mol. The van der Waals surface area contributed by atoms with E-state index in [9.17, 15) is 0 Å². The minimum Gasteiger partial charge on any atom is -0.381 e. The molecule has 4 nitrogen and oxygen atoms in total. The summed E-state index contributed by atoms with van der Waals surface area (Å²) >= 11 is 0. The second-order valence-corrected chi connectivity index (χ2v) is 3.87. The van der Waals surface area contributed by atoms with Crippen molar-refractivity contribution < 1.29 is 4.74 Å². The lowest BCUT2D eigenvalue weighted by Crippen LogP contribution is -2.13. The molecule has 2 rings (SSSR count). The molecule has 1 unspecified atom stereocenters. The number of aromatic nitrogens is 2. The minimum absolute atomic E-state index is 0.576. The molecule has 1 fully saturated rings. The Balaban J connectivity index is 2.04. The van der Waals surface area contributed by atoms with E-state index < -0.39 is 0 Å². The van der Waals surface area contributed by atoms with Crippen LogP contribution in [0.5, 0.6) is 0 Å². The van der Waals surface area contributed by atoms with Gasteiger partial charge in [-0.3, -0.25) is 4.68 Å². The highest BCUT2D eigenvalue weighted by molar-refractivity contribution is 5.15. The van der Waals surface area contributed by atoms with E-state index >= 15 is 0 Å². The monoisotopic (exact) mass is 195 g/mol. The van der Waals surface area contributed by atoms with Crippen molar-refractivity contribution in [1.82, 2.24) is 9.78 Å². The number of nitrogens with zero attached hydrogens (tertiary/aromatic N) is 2. The molecule has 1 aliphatic heterocycles. The average molecular weight is 195 g/mol. The molecule has 0 spiro atoms. The smallest absolute Gasteiger partial charge is 0.0537 e. The van der Waals surface area contributed by atoms with Crippen LogP contribution in [0.1, 0.15) is 17.7 Å². The first-order valence-electron chi connectivity index (χ1n) is 5.10. The summed E-state index contributed by atoms with van der Waals surface area (Å²) in [5, 5.41) is 4.33. The quantitative estimate of drug-likeness (QED) is 0.772. The van der Waals surface area contributed by atoms with Crippen molar-refractivity contribution in [3.05, 3.63) is 17.5 Å². The Kier molecular flexibility index (Phi) is 2.84. The van der Waals surface area contributed by atoms with Crippen molar-refractivity contribution in [1.29, 1.82) is 0 Å². The summed E-state index contributed by atoms with van der Waals surface area (Å²) < 4.78 is 7.38. The van der Waals surface area contributed by atoms with E-state index in [-0.39, 0.29) is 0 Å². The summed E-state index contributed by atoms with van der Waals surface area (Å²) in [6, 6.07) is 0. The van der Waals surface area contributed by atoms with Crippen molar-refractivity contribution >= 4 is 0 Å². The lowest BCUT2D eigenvalue weighted by atomic mass is 10.1. The van der Waals surface area contributed by atoms with Gasteiger partial charge in [0, 0.05) is 36.9 Å². The highest BCUT2D eigenvalue weighted by Gasteiger charge is 2.17. The maximum absolute atomic E-state index is 5.59. The summed E-state index contributed by atoms with van der Waals surface area (Å²) in [6.07, 6.45) is 3.02. The molecule has 1 saturated heterocycles. The number of rotatable bonds is 3. The summed E-state index contributed by atoms with van der Waals surface area (Å²) in [5.74, 6) is 0.624. The third kappa shape index (κ3) is 1.81. The van der Waals surface area contributed by atoms with Gasteiger partial charge in [-0.2, -0.15) is 5.10 Å². The van der Waals surface area contributed by atoms with E-state index in [0.29, 0.717) is 12.5 Å². The van der Waals surface area contributed by atoms with Crippen LogP contribution in [0.2, 0.25) is 0 Å². The number of hydrogen-bond donors (Lipinski definition) is 1. The lowest BCUT2D eigenvalue weighted by molar-refractivity contribution is 0.181. The Morgan fingerprint density at radius 3 is 3.14 bits per heavy atom.